The topological polar surface area (TPSA) is 79.2 Å². The lowest BCUT2D eigenvalue weighted by Crippen LogP contribution is -2.61. The molecule has 0 bridgehead atoms. The molecule has 0 radical (unpaired) electrons. The molecule has 8 heteroatoms. The normalized spacial score (nSPS) is 20.9. The van der Waals surface area contributed by atoms with Crippen LogP contribution in [-0.4, -0.2) is 83.0 Å². The van der Waals surface area contributed by atoms with Crippen LogP contribution in [0.4, 0.5) is 0 Å². The number of pyridine rings is 1. The minimum absolute atomic E-state index is 0.00726. The number of amides is 2. The Morgan fingerprint density at radius 1 is 1.30 bits per heavy atom. The molecule has 2 saturated heterocycles. The summed E-state index contributed by atoms with van der Waals surface area (Å²) in [5.41, 5.74) is 2.77. The molecular weight excluding hydrogens is 346 g/mol. The van der Waals surface area contributed by atoms with Crippen molar-refractivity contribution in [1.29, 1.82) is 0 Å². The molecule has 2 amide bonds. The molecule has 4 heterocycles. The Bertz CT molecular complexity index is 843. The molecule has 0 aliphatic carbocycles. The van der Waals surface area contributed by atoms with Crippen LogP contribution in [0, 0.1) is 6.92 Å². The minimum atomic E-state index is -0.453. The van der Waals surface area contributed by atoms with E-state index in [4.69, 9.17) is 4.74 Å². The molecule has 0 unspecified atom stereocenters. The quantitative estimate of drug-likeness (QED) is 0.812. The molecule has 8 nitrogen and oxygen atoms in total. The lowest BCUT2D eigenvalue weighted by atomic mass is 10.1. The number of rotatable bonds is 3. The van der Waals surface area contributed by atoms with Gasteiger partial charge in [-0.3, -0.25) is 9.59 Å². The van der Waals surface area contributed by atoms with Crippen LogP contribution in [0.25, 0.3) is 5.65 Å². The molecule has 0 saturated carbocycles. The number of aryl methyl sites for hydroxylation is 1. The lowest BCUT2D eigenvalue weighted by Gasteiger charge is -2.39. The fourth-order valence-corrected chi connectivity index (χ4v) is 3.81. The number of nitrogens with one attached hydrogen (secondary N) is 1. The van der Waals surface area contributed by atoms with Crippen molar-refractivity contribution in [1.82, 2.24) is 24.5 Å². The summed E-state index contributed by atoms with van der Waals surface area (Å²) in [6.07, 6.45) is 3.91. The highest BCUT2D eigenvalue weighted by Crippen LogP contribution is 2.15. The van der Waals surface area contributed by atoms with Gasteiger partial charge in [0.25, 0.3) is 0 Å². The zero-order chi connectivity index (χ0) is 18.8. The van der Waals surface area contributed by atoms with Crippen LogP contribution in [0.2, 0.25) is 0 Å². The number of aromatic nitrogens is 2. The number of hydrogen-bond acceptors (Lipinski definition) is 5. The van der Waals surface area contributed by atoms with Gasteiger partial charge in [-0.1, -0.05) is 6.07 Å². The first-order valence-electron chi connectivity index (χ1n) is 9.43. The van der Waals surface area contributed by atoms with Crippen molar-refractivity contribution in [3.05, 3.63) is 35.8 Å². The Labute approximate surface area is 158 Å². The summed E-state index contributed by atoms with van der Waals surface area (Å²) in [7, 11) is 0. The van der Waals surface area contributed by atoms with Gasteiger partial charge in [0.05, 0.1) is 25.3 Å². The summed E-state index contributed by atoms with van der Waals surface area (Å²) < 4.78 is 7.29. The number of carbonyl (C=O) groups excluding carboxylic acids is 2. The van der Waals surface area contributed by atoms with Gasteiger partial charge in [0, 0.05) is 45.1 Å². The van der Waals surface area contributed by atoms with Crippen molar-refractivity contribution in [2.75, 3.05) is 45.9 Å². The minimum Gasteiger partial charge on any atom is -0.378 e. The number of fused-ring (bicyclic) bond motifs is 1. The standard InChI is InChI=1S/C19H25N5O3/c1-14-3-2-5-23-15(12-21-18(14)23)11-17(25)24-6-4-20-13-16(24)19(26)22-7-9-27-10-8-22/h2-3,5,12,16,20H,4,6-11,13H2,1H3/t16-/m1/s1. The number of morpholine rings is 1. The molecule has 2 fully saturated rings. The third kappa shape index (κ3) is 3.54. The van der Waals surface area contributed by atoms with Gasteiger partial charge >= 0.3 is 0 Å². The number of carbonyl (C=O) groups is 2. The largest absolute Gasteiger partial charge is 0.378 e. The monoisotopic (exact) mass is 371 g/mol. The maximum atomic E-state index is 13.1. The summed E-state index contributed by atoms with van der Waals surface area (Å²) in [4.78, 5) is 34.0. The van der Waals surface area contributed by atoms with E-state index in [9.17, 15) is 9.59 Å². The second-order valence-corrected chi connectivity index (χ2v) is 7.06. The van der Waals surface area contributed by atoms with E-state index in [0.29, 0.717) is 45.9 Å². The molecule has 2 aromatic rings. The van der Waals surface area contributed by atoms with Gasteiger partial charge in [0.15, 0.2) is 0 Å². The van der Waals surface area contributed by atoms with Crippen molar-refractivity contribution in [3.8, 4) is 0 Å². The molecule has 2 aliphatic rings. The van der Waals surface area contributed by atoms with Crippen LogP contribution in [0.3, 0.4) is 0 Å². The van der Waals surface area contributed by atoms with Crippen molar-refractivity contribution < 1.29 is 14.3 Å². The van der Waals surface area contributed by atoms with E-state index in [1.54, 1.807) is 16.0 Å². The second kappa shape index (κ2) is 7.66. The molecule has 0 spiro atoms. The molecule has 1 atom stereocenters. The van der Waals surface area contributed by atoms with Crippen LogP contribution in [-0.2, 0) is 20.7 Å². The van der Waals surface area contributed by atoms with Crippen molar-refractivity contribution in [2.24, 2.45) is 0 Å². The zero-order valence-corrected chi connectivity index (χ0v) is 15.6. The molecule has 144 valence electrons. The van der Waals surface area contributed by atoms with E-state index in [-0.39, 0.29) is 18.2 Å². The van der Waals surface area contributed by atoms with E-state index < -0.39 is 6.04 Å². The molecular formula is C19H25N5O3. The number of nitrogens with zero attached hydrogens (tertiary/aromatic N) is 4. The highest BCUT2D eigenvalue weighted by atomic mass is 16.5. The van der Waals surface area contributed by atoms with E-state index in [2.05, 4.69) is 10.3 Å². The fourth-order valence-electron chi connectivity index (χ4n) is 3.81. The van der Waals surface area contributed by atoms with Crippen LogP contribution in [0.15, 0.2) is 24.5 Å². The van der Waals surface area contributed by atoms with Crippen molar-refractivity contribution in [3.63, 3.8) is 0 Å². The molecule has 1 N–H and O–H groups in total. The molecule has 2 aliphatic heterocycles. The average Bonchev–Trinajstić information content (AvgIpc) is 3.12. The fraction of sp³-hybridized carbons (Fsp3) is 0.526. The van der Waals surface area contributed by atoms with Gasteiger partial charge in [0.1, 0.15) is 11.7 Å². The van der Waals surface area contributed by atoms with E-state index in [0.717, 1.165) is 16.9 Å². The first kappa shape index (κ1) is 17.9. The van der Waals surface area contributed by atoms with Gasteiger partial charge < -0.3 is 24.3 Å². The van der Waals surface area contributed by atoms with Gasteiger partial charge in [-0.25, -0.2) is 4.98 Å². The zero-order valence-electron chi connectivity index (χ0n) is 15.6. The van der Waals surface area contributed by atoms with Crippen LogP contribution in [0.1, 0.15) is 11.3 Å². The Morgan fingerprint density at radius 2 is 2.11 bits per heavy atom. The summed E-state index contributed by atoms with van der Waals surface area (Å²) in [6, 6.07) is 3.50. The number of hydrogen-bond donors (Lipinski definition) is 1. The molecule has 4 rings (SSSR count). The highest BCUT2D eigenvalue weighted by molar-refractivity contribution is 5.89. The maximum absolute atomic E-state index is 13.1. The van der Waals surface area contributed by atoms with Gasteiger partial charge in [-0.15, -0.1) is 0 Å². The van der Waals surface area contributed by atoms with Crippen molar-refractivity contribution in [2.45, 2.75) is 19.4 Å². The van der Waals surface area contributed by atoms with Gasteiger partial charge in [0.2, 0.25) is 11.8 Å². The molecule has 0 aromatic carbocycles. The predicted octanol–water partition coefficient (Wildman–Crippen LogP) is -0.156. The SMILES string of the molecule is Cc1cccn2c(CC(=O)N3CCNC[C@@H]3C(=O)N3CCOCC3)cnc12. The van der Waals surface area contributed by atoms with Crippen molar-refractivity contribution >= 4 is 17.5 Å². The van der Waals surface area contributed by atoms with Gasteiger partial charge in [-0.05, 0) is 18.6 Å². The van der Waals surface area contributed by atoms with E-state index >= 15 is 0 Å². The Balaban J connectivity index is 1.51. The molecule has 27 heavy (non-hydrogen) atoms. The smallest absolute Gasteiger partial charge is 0.246 e. The Morgan fingerprint density at radius 3 is 2.93 bits per heavy atom. The lowest BCUT2D eigenvalue weighted by molar-refractivity contribution is -0.149. The van der Waals surface area contributed by atoms with E-state index in [1.807, 2.05) is 29.7 Å². The third-order valence-corrected chi connectivity index (χ3v) is 5.31. The Hall–Kier alpha value is -2.45. The third-order valence-electron chi connectivity index (χ3n) is 5.31. The van der Waals surface area contributed by atoms with Crippen LogP contribution in [0.5, 0.6) is 0 Å². The average molecular weight is 371 g/mol. The first-order chi connectivity index (χ1) is 13.1. The number of imidazole rings is 1. The second-order valence-electron chi connectivity index (χ2n) is 7.06. The maximum Gasteiger partial charge on any atom is 0.246 e. The Kier molecular flexibility index (Phi) is 5.09. The first-order valence-corrected chi connectivity index (χ1v) is 9.43. The van der Waals surface area contributed by atoms with E-state index in [1.165, 1.54) is 0 Å². The summed E-state index contributed by atoms with van der Waals surface area (Å²) in [6.45, 7) is 6.02. The predicted molar refractivity (Wildman–Crippen MR) is 99.4 cm³/mol. The van der Waals surface area contributed by atoms with Crippen LogP contribution < -0.4 is 5.32 Å². The van der Waals surface area contributed by atoms with Crippen LogP contribution >= 0.6 is 0 Å². The number of ether oxygens (including phenoxy) is 1. The highest BCUT2D eigenvalue weighted by Gasteiger charge is 2.35. The summed E-state index contributed by atoms with van der Waals surface area (Å²) in [5, 5.41) is 3.25. The van der Waals surface area contributed by atoms with Gasteiger partial charge in [-0.2, -0.15) is 0 Å². The summed E-state index contributed by atoms with van der Waals surface area (Å²) in [5.74, 6) is -0.0285. The molecule has 2 aromatic heterocycles. The summed E-state index contributed by atoms with van der Waals surface area (Å²) >= 11 is 0. The number of piperazine rings is 1.